The van der Waals surface area contributed by atoms with E-state index in [-0.39, 0.29) is 0 Å². The van der Waals surface area contributed by atoms with Gasteiger partial charge in [-0.3, -0.25) is 0 Å². The van der Waals surface area contributed by atoms with Gasteiger partial charge in [0, 0.05) is 6.42 Å². The minimum absolute atomic E-state index is 0.511. The van der Waals surface area contributed by atoms with Gasteiger partial charge in [-0.25, -0.2) is 0 Å². The van der Waals surface area contributed by atoms with Crippen LogP contribution in [0.25, 0.3) is 0 Å². The number of benzene rings is 1. The van der Waals surface area contributed by atoms with Crippen molar-refractivity contribution in [2.45, 2.75) is 51.0 Å². The van der Waals surface area contributed by atoms with Gasteiger partial charge < -0.3 is 10.4 Å². The van der Waals surface area contributed by atoms with E-state index in [1.165, 1.54) is 11.1 Å². The summed E-state index contributed by atoms with van der Waals surface area (Å²) < 4.78 is 0. The van der Waals surface area contributed by atoms with Crippen LogP contribution in [0, 0.1) is 0 Å². The highest BCUT2D eigenvalue weighted by molar-refractivity contribution is 5.25. The zero-order valence-corrected chi connectivity index (χ0v) is 11.6. The smallest absolute Gasteiger partial charge is 0.0700 e. The summed E-state index contributed by atoms with van der Waals surface area (Å²) in [6, 6.07) is 8.73. The molecule has 0 spiro atoms. The molecule has 0 amide bonds. The van der Waals surface area contributed by atoms with Crippen molar-refractivity contribution in [2.75, 3.05) is 13.1 Å². The molecule has 1 aromatic rings. The minimum atomic E-state index is -0.511. The first-order valence-electron chi connectivity index (χ1n) is 7.11. The lowest BCUT2D eigenvalue weighted by molar-refractivity contribution is 0.0285. The van der Waals surface area contributed by atoms with E-state index in [2.05, 4.69) is 43.4 Å². The molecule has 0 aromatic heterocycles. The molecule has 2 N–H and O–H groups in total. The van der Waals surface area contributed by atoms with Gasteiger partial charge in [0.25, 0.3) is 0 Å². The fourth-order valence-corrected chi connectivity index (χ4v) is 2.69. The quantitative estimate of drug-likeness (QED) is 0.861. The molecule has 0 bridgehead atoms. The third kappa shape index (κ3) is 3.56. The molecule has 1 aliphatic heterocycles. The first-order valence-corrected chi connectivity index (χ1v) is 7.11. The second kappa shape index (κ2) is 5.85. The molecule has 18 heavy (non-hydrogen) atoms. The van der Waals surface area contributed by atoms with Gasteiger partial charge in [-0.15, -0.1) is 0 Å². The molecular formula is C16H25NO. The van der Waals surface area contributed by atoms with Gasteiger partial charge in [-0.05, 0) is 49.4 Å². The Balaban J connectivity index is 2.03. The van der Waals surface area contributed by atoms with Crippen molar-refractivity contribution in [3.8, 4) is 0 Å². The van der Waals surface area contributed by atoms with Crippen LogP contribution in [0.15, 0.2) is 24.3 Å². The molecule has 100 valence electrons. The highest BCUT2D eigenvalue weighted by atomic mass is 16.3. The summed E-state index contributed by atoms with van der Waals surface area (Å²) in [5.41, 5.74) is 2.11. The largest absolute Gasteiger partial charge is 0.389 e. The number of hydrogen-bond acceptors (Lipinski definition) is 2. The van der Waals surface area contributed by atoms with Crippen molar-refractivity contribution in [2.24, 2.45) is 0 Å². The molecule has 1 fully saturated rings. The number of nitrogens with one attached hydrogen (secondary N) is 1. The van der Waals surface area contributed by atoms with Crippen LogP contribution in [0.2, 0.25) is 0 Å². The first kappa shape index (κ1) is 13.6. The third-order valence-electron chi connectivity index (χ3n) is 3.94. The molecule has 2 nitrogen and oxygen atoms in total. The molecule has 2 heteroatoms. The van der Waals surface area contributed by atoms with Crippen molar-refractivity contribution in [3.63, 3.8) is 0 Å². The molecule has 1 saturated heterocycles. The lowest BCUT2D eigenvalue weighted by Gasteiger charge is -2.26. The van der Waals surface area contributed by atoms with Crippen molar-refractivity contribution >= 4 is 0 Å². The molecule has 1 aromatic carbocycles. The van der Waals surface area contributed by atoms with Crippen LogP contribution in [0.3, 0.4) is 0 Å². The Hall–Kier alpha value is -0.860. The Morgan fingerprint density at radius 1 is 1.17 bits per heavy atom. The maximum absolute atomic E-state index is 10.6. The predicted molar refractivity (Wildman–Crippen MR) is 75.9 cm³/mol. The molecule has 1 atom stereocenters. The van der Waals surface area contributed by atoms with E-state index in [0.717, 1.165) is 38.8 Å². The van der Waals surface area contributed by atoms with Crippen molar-refractivity contribution in [1.82, 2.24) is 5.32 Å². The number of aliphatic hydroxyl groups is 1. The standard InChI is InChI=1S/C16H25NO/c1-13(2)15-6-4-14(5-7-15)12-16(18)8-3-10-17-11-9-16/h4-7,13,17-18H,3,8-12H2,1-2H3. The van der Waals surface area contributed by atoms with E-state index in [1.54, 1.807) is 0 Å². The van der Waals surface area contributed by atoms with Crippen LogP contribution < -0.4 is 5.32 Å². The van der Waals surface area contributed by atoms with E-state index < -0.39 is 5.60 Å². The van der Waals surface area contributed by atoms with Crippen LogP contribution in [0.4, 0.5) is 0 Å². The van der Waals surface area contributed by atoms with Gasteiger partial charge >= 0.3 is 0 Å². The molecular weight excluding hydrogens is 222 g/mol. The zero-order valence-electron chi connectivity index (χ0n) is 11.6. The van der Waals surface area contributed by atoms with E-state index in [1.807, 2.05) is 0 Å². The minimum Gasteiger partial charge on any atom is -0.389 e. The molecule has 1 unspecified atom stereocenters. The fraction of sp³-hybridized carbons (Fsp3) is 0.625. The Morgan fingerprint density at radius 2 is 1.89 bits per heavy atom. The molecule has 1 aliphatic rings. The zero-order chi connectivity index (χ0) is 13.0. The topological polar surface area (TPSA) is 32.3 Å². The number of hydrogen-bond donors (Lipinski definition) is 2. The van der Waals surface area contributed by atoms with Crippen LogP contribution in [-0.4, -0.2) is 23.8 Å². The summed E-state index contributed by atoms with van der Waals surface area (Å²) in [5, 5.41) is 14.0. The average molecular weight is 247 g/mol. The van der Waals surface area contributed by atoms with Crippen molar-refractivity contribution < 1.29 is 5.11 Å². The van der Waals surface area contributed by atoms with E-state index in [4.69, 9.17) is 0 Å². The summed E-state index contributed by atoms with van der Waals surface area (Å²) in [6.07, 6.45) is 3.62. The maximum Gasteiger partial charge on any atom is 0.0700 e. The maximum atomic E-state index is 10.6. The summed E-state index contributed by atoms with van der Waals surface area (Å²) >= 11 is 0. The lowest BCUT2D eigenvalue weighted by Crippen LogP contribution is -2.32. The average Bonchev–Trinajstić information content (AvgIpc) is 2.55. The van der Waals surface area contributed by atoms with E-state index >= 15 is 0 Å². The van der Waals surface area contributed by atoms with Gasteiger partial charge in [-0.2, -0.15) is 0 Å². The van der Waals surface area contributed by atoms with Crippen LogP contribution in [0.1, 0.15) is 50.2 Å². The van der Waals surface area contributed by atoms with Gasteiger partial charge in [0.05, 0.1) is 5.60 Å². The first-order chi connectivity index (χ1) is 8.59. The molecule has 0 radical (unpaired) electrons. The summed E-state index contributed by atoms with van der Waals surface area (Å²) in [7, 11) is 0. The SMILES string of the molecule is CC(C)c1ccc(CC2(O)CCCNCC2)cc1. The highest BCUT2D eigenvalue weighted by Crippen LogP contribution is 2.25. The molecule has 1 heterocycles. The second-order valence-corrected chi connectivity index (χ2v) is 5.90. The van der Waals surface area contributed by atoms with Crippen LogP contribution in [0.5, 0.6) is 0 Å². The Labute approximate surface area is 110 Å². The Bertz CT molecular complexity index is 361. The monoisotopic (exact) mass is 247 g/mol. The third-order valence-corrected chi connectivity index (χ3v) is 3.94. The molecule has 0 saturated carbocycles. The van der Waals surface area contributed by atoms with Crippen molar-refractivity contribution in [3.05, 3.63) is 35.4 Å². The van der Waals surface area contributed by atoms with Crippen LogP contribution >= 0.6 is 0 Å². The lowest BCUT2D eigenvalue weighted by atomic mass is 9.87. The van der Waals surface area contributed by atoms with Gasteiger partial charge in [0.1, 0.15) is 0 Å². The van der Waals surface area contributed by atoms with Crippen molar-refractivity contribution in [1.29, 1.82) is 0 Å². The van der Waals surface area contributed by atoms with Gasteiger partial charge in [0.15, 0.2) is 0 Å². The summed E-state index contributed by atoms with van der Waals surface area (Å²) in [4.78, 5) is 0. The Morgan fingerprint density at radius 3 is 2.56 bits per heavy atom. The van der Waals surface area contributed by atoms with Gasteiger partial charge in [-0.1, -0.05) is 38.1 Å². The Kier molecular flexibility index (Phi) is 4.41. The summed E-state index contributed by atoms with van der Waals surface area (Å²) in [6.45, 7) is 6.38. The second-order valence-electron chi connectivity index (χ2n) is 5.90. The van der Waals surface area contributed by atoms with Gasteiger partial charge in [0.2, 0.25) is 0 Å². The normalized spacial score (nSPS) is 25.1. The molecule has 0 aliphatic carbocycles. The van der Waals surface area contributed by atoms with Crippen LogP contribution in [-0.2, 0) is 6.42 Å². The number of rotatable bonds is 3. The molecule has 2 rings (SSSR count). The van der Waals surface area contributed by atoms with E-state index in [9.17, 15) is 5.11 Å². The fourth-order valence-electron chi connectivity index (χ4n) is 2.69. The summed E-state index contributed by atoms with van der Waals surface area (Å²) in [5.74, 6) is 0.573. The van der Waals surface area contributed by atoms with E-state index in [0.29, 0.717) is 5.92 Å². The predicted octanol–water partition coefficient (Wildman–Crippen LogP) is 2.86. The highest BCUT2D eigenvalue weighted by Gasteiger charge is 2.27.